The van der Waals surface area contributed by atoms with Gasteiger partial charge in [0.2, 0.25) is 0 Å². The highest BCUT2D eigenvalue weighted by Gasteiger charge is 2.37. The number of hydrogen-bond acceptors (Lipinski definition) is 3. The van der Waals surface area contributed by atoms with E-state index in [1.165, 1.54) is 6.07 Å². The molecule has 0 saturated carbocycles. The topological polar surface area (TPSA) is 90.5 Å². The first-order valence-corrected chi connectivity index (χ1v) is 9.40. The van der Waals surface area contributed by atoms with Crippen LogP contribution in [0.3, 0.4) is 0 Å². The van der Waals surface area contributed by atoms with Crippen molar-refractivity contribution in [1.82, 2.24) is 0 Å². The molecule has 0 spiro atoms. The van der Waals surface area contributed by atoms with E-state index in [9.17, 15) is 41.0 Å². The summed E-state index contributed by atoms with van der Waals surface area (Å²) in [5, 5.41) is 16.8. The molecule has 3 amide bonds. The van der Waals surface area contributed by atoms with Gasteiger partial charge < -0.3 is 21.1 Å². The Kier molecular flexibility index (Phi) is 6.70. The highest BCUT2D eigenvalue weighted by molar-refractivity contribution is 6.07. The minimum atomic E-state index is -5.10. The van der Waals surface area contributed by atoms with Crippen molar-refractivity contribution in [3.05, 3.63) is 83.4 Å². The summed E-state index contributed by atoms with van der Waals surface area (Å²) in [6, 6.07) is 11.5. The summed E-state index contributed by atoms with van der Waals surface area (Å²) in [5.41, 5.74) is -4.03. The van der Waals surface area contributed by atoms with Crippen LogP contribution >= 0.6 is 0 Å². The van der Waals surface area contributed by atoms with Crippen LogP contribution in [0.1, 0.15) is 21.5 Å². The molecular formula is C22H15F6N3O3. The second-order valence-corrected chi connectivity index (χ2v) is 6.93. The van der Waals surface area contributed by atoms with Gasteiger partial charge in [-0.15, -0.1) is 0 Å². The van der Waals surface area contributed by atoms with Crippen LogP contribution in [0.25, 0.3) is 0 Å². The third-order valence-electron chi connectivity index (χ3n) is 4.38. The molecule has 0 radical (unpaired) electrons. The maximum Gasteiger partial charge on any atom is 0.416 e. The van der Waals surface area contributed by atoms with Crippen LogP contribution in [-0.2, 0) is 12.4 Å². The van der Waals surface area contributed by atoms with Crippen molar-refractivity contribution in [2.24, 2.45) is 0 Å². The highest BCUT2D eigenvalue weighted by Crippen LogP contribution is 2.37. The second-order valence-electron chi connectivity index (χ2n) is 6.93. The van der Waals surface area contributed by atoms with Gasteiger partial charge in [-0.25, -0.2) is 4.79 Å². The van der Waals surface area contributed by atoms with Gasteiger partial charge in [-0.1, -0.05) is 18.2 Å². The lowest BCUT2D eigenvalue weighted by Gasteiger charge is -2.15. The van der Waals surface area contributed by atoms with E-state index >= 15 is 0 Å². The molecule has 12 heteroatoms. The first-order chi connectivity index (χ1) is 15.8. The van der Waals surface area contributed by atoms with Crippen molar-refractivity contribution < 1.29 is 41.0 Å². The molecule has 0 aliphatic carbocycles. The van der Waals surface area contributed by atoms with E-state index in [-0.39, 0.29) is 11.8 Å². The molecular weight excluding hydrogens is 468 g/mol. The fourth-order valence-electron chi connectivity index (χ4n) is 2.84. The minimum absolute atomic E-state index is 0.0244. The Bertz CT molecular complexity index is 1180. The second kappa shape index (κ2) is 9.33. The molecule has 0 aliphatic rings. The number of hydrogen-bond donors (Lipinski definition) is 4. The van der Waals surface area contributed by atoms with Crippen molar-refractivity contribution in [2.75, 3.05) is 16.0 Å². The molecule has 34 heavy (non-hydrogen) atoms. The molecule has 0 unspecified atom stereocenters. The number of phenols is 1. The molecule has 0 bridgehead atoms. The standard InChI is InChI=1S/C22H15F6N3O3/c23-21(24,25)12-8-13(22(26,27)28)10-16(9-12)29-19(33)17-11-15(6-7-18(17)32)31-20(34)30-14-4-2-1-3-5-14/h1-11,32H,(H,29,33)(H2,30,31,34). The Morgan fingerprint density at radius 3 is 1.76 bits per heavy atom. The summed E-state index contributed by atoms with van der Waals surface area (Å²) in [6.45, 7) is 0. The van der Waals surface area contributed by atoms with Crippen molar-refractivity contribution in [1.29, 1.82) is 0 Å². The number of phenolic OH excluding ortho intramolecular Hbond substituents is 1. The monoisotopic (exact) mass is 483 g/mol. The van der Waals surface area contributed by atoms with Crippen molar-refractivity contribution >= 4 is 29.0 Å². The SMILES string of the molecule is O=C(Nc1ccccc1)Nc1ccc(O)c(C(=O)Nc2cc(C(F)(F)F)cc(C(F)(F)F)c2)c1. The van der Waals surface area contributed by atoms with Gasteiger partial charge in [0.15, 0.2) is 0 Å². The summed E-state index contributed by atoms with van der Waals surface area (Å²) < 4.78 is 78.2. The highest BCUT2D eigenvalue weighted by atomic mass is 19.4. The molecule has 3 aromatic carbocycles. The molecule has 3 aromatic rings. The van der Waals surface area contributed by atoms with E-state index in [0.29, 0.717) is 17.8 Å². The summed E-state index contributed by atoms with van der Waals surface area (Å²) in [7, 11) is 0. The maximum atomic E-state index is 13.0. The average Bonchev–Trinajstić information content (AvgIpc) is 2.74. The van der Waals surface area contributed by atoms with Crippen LogP contribution in [0.15, 0.2) is 66.7 Å². The Labute approximate surface area is 188 Å². The Morgan fingerprint density at radius 1 is 0.647 bits per heavy atom. The molecule has 6 nitrogen and oxygen atoms in total. The number of anilines is 3. The largest absolute Gasteiger partial charge is 0.507 e. The van der Waals surface area contributed by atoms with Crippen LogP contribution in [0.5, 0.6) is 5.75 Å². The molecule has 4 N–H and O–H groups in total. The van der Waals surface area contributed by atoms with E-state index in [1.807, 2.05) is 5.32 Å². The molecule has 178 valence electrons. The zero-order valence-corrected chi connectivity index (χ0v) is 16.9. The molecule has 0 saturated heterocycles. The van der Waals surface area contributed by atoms with Gasteiger partial charge in [0.1, 0.15) is 5.75 Å². The predicted octanol–water partition coefficient (Wildman–Crippen LogP) is 6.33. The van der Waals surface area contributed by atoms with Crippen LogP contribution in [0, 0.1) is 0 Å². The normalized spacial score (nSPS) is 11.6. The van der Waals surface area contributed by atoms with Gasteiger partial charge in [-0.3, -0.25) is 4.79 Å². The van der Waals surface area contributed by atoms with Crippen LogP contribution < -0.4 is 16.0 Å². The predicted molar refractivity (Wildman–Crippen MR) is 112 cm³/mol. The zero-order chi connectivity index (χ0) is 25.1. The quantitative estimate of drug-likeness (QED) is 0.258. The molecule has 0 fully saturated rings. The Balaban J connectivity index is 1.83. The van der Waals surface area contributed by atoms with Crippen molar-refractivity contribution in [3.8, 4) is 5.75 Å². The van der Waals surface area contributed by atoms with E-state index in [4.69, 9.17) is 0 Å². The lowest BCUT2D eigenvalue weighted by Crippen LogP contribution is -2.20. The van der Waals surface area contributed by atoms with E-state index in [1.54, 1.807) is 30.3 Å². The third kappa shape index (κ3) is 6.18. The Hall–Kier alpha value is -4.22. The summed E-state index contributed by atoms with van der Waals surface area (Å²) in [5.74, 6) is -1.81. The number of carbonyl (C=O) groups excluding carboxylic acids is 2. The summed E-state index contributed by atoms with van der Waals surface area (Å²) >= 11 is 0. The Morgan fingerprint density at radius 2 is 1.21 bits per heavy atom. The van der Waals surface area contributed by atoms with Crippen molar-refractivity contribution in [3.63, 3.8) is 0 Å². The van der Waals surface area contributed by atoms with Gasteiger partial charge in [0.05, 0.1) is 16.7 Å². The fraction of sp³-hybridized carbons (Fsp3) is 0.0909. The molecule has 0 heterocycles. The number of aromatic hydroxyl groups is 1. The zero-order valence-electron chi connectivity index (χ0n) is 16.9. The van der Waals surface area contributed by atoms with Gasteiger partial charge in [0.25, 0.3) is 5.91 Å². The van der Waals surface area contributed by atoms with Gasteiger partial charge in [0, 0.05) is 17.1 Å². The molecule has 0 aromatic heterocycles. The summed E-state index contributed by atoms with van der Waals surface area (Å²) in [6.07, 6.45) is -10.2. The van der Waals surface area contributed by atoms with Crippen molar-refractivity contribution in [2.45, 2.75) is 12.4 Å². The molecule has 3 rings (SSSR count). The fourth-order valence-corrected chi connectivity index (χ4v) is 2.84. The first-order valence-electron chi connectivity index (χ1n) is 9.40. The van der Waals surface area contributed by atoms with E-state index < -0.39 is 52.4 Å². The third-order valence-corrected chi connectivity index (χ3v) is 4.38. The number of benzene rings is 3. The van der Waals surface area contributed by atoms with Crippen LogP contribution in [-0.4, -0.2) is 17.0 Å². The average molecular weight is 483 g/mol. The smallest absolute Gasteiger partial charge is 0.416 e. The lowest BCUT2D eigenvalue weighted by molar-refractivity contribution is -0.143. The van der Waals surface area contributed by atoms with Gasteiger partial charge >= 0.3 is 18.4 Å². The minimum Gasteiger partial charge on any atom is -0.507 e. The number of carbonyl (C=O) groups is 2. The summed E-state index contributed by atoms with van der Waals surface area (Å²) in [4.78, 5) is 24.6. The number of nitrogens with one attached hydrogen (secondary N) is 3. The van der Waals surface area contributed by atoms with Crippen LogP contribution in [0.2, 0.25) is 0 Å². The first kappa shape index (κ1) is 24.4. The number of rotatable bonds is 4. The number of alkyl halides is 6. The number of amides is 3. The number of urea groups is 1. The van der Waals surface area contributed by atoms with Gasteiger partial charge in [-0.2, -0.15) is 26.3 Å². The van der Waals surface area contributed by atoms with Crippen LogP contribution in [0.4, 0.5) is 48.2 Å². The molecule has 0 aliphatic heterocycles. The lowest BCUT2D eigenvalue weighted by atomic mass is 10.1. The maximum absolute atomic E-state index is 13.0. The van der Waals surface area contributed by atoms with E-state index in [2.05, 4.69) is 10.6 Å². The number of para-hydroxylation sites is 1. The van der Waals surface area contributed by atoms with E-state index in [0.717, 1.165) is 12.1 Å². The number of halogens is 6. The molecule has 0 atom stereocenters. The van der Waals surface area contributed by atoms with Gasteiger partial charge in [-0.05, 0) is 48.5 Å².